The predicted octanol–water partition coefficient (Wildman–Crippen LogP) is 3.74. The number of hydrogen-bond donors (Lipinski definition) is 1. The van der Waals surface area contributed by atoms with Gasteiger partial charge in [-0.15, -0.1) is 11.3 Å². The number of halogens is 2. The summed E-state index contributed by atoms with van der Waals surface area (Å²) >= 11 is 1.26. The van der Waals surface area contributed by atoms with Crippen LogP contribution in [-0.4, -0.2) is 15.9 Å². The van der Waals surface area contributed by atoms with Gasteiger partial charge in [0.15, 0.2) is 0 Å². The number of nitrogens with zero attached hydrogens (tertiary/aromatic N) is 2. The molecule has 0 saturated carbocycles. The molecule has 0 fully saturated rings. The van der Waals surface area contributed by atoms with Crippen molar-refractivity contribution in [3.8, 4) is 10.6 Å². The van der Waals surface area contributed by atoms with Crippen molar-refractivity contribution in [3.05, 3.63) is 65.4 Å². The second-order valence-corrected chi connectivity index (χ2v) is 5.18. The number of carbonyl (C=O) groups is 1. The molecule has 0 unspecified atom stereocenters. The highest BCUT2D eigenvalue weighted by Gasteiger charge is 2.16. The number of thiazole rings is 1. The molecule has 0 spiro atoms. The zero-order valence-electron chi connectivity index (χ0n) is 11.1. The van der Waals surface area contributed by atoms with Crippen molar-refractivity contribution in [2.75, 3.05) is 5.32 Å². The maximum atomic E-state index is 13.5. The number of para-hydroxylation sites is 1. The zero-order valence-corrected chi connectivity index (χ0v) is 11.9. The summed E-state index contributed by atoms with van der Waals surface area (Å²) in [6, 6.07) is 6.89. The summed E-state index contributed by atoms with van der Waals surface area (Å²) in [7, 11) is 0. The third kappa shape index (κ3) is 2.84. The SMILES string of the molecule is O=C(Nc1c(F)cccc1F)c1csc(-c2ccncc2)n1. The molecule has 3 rings (SSSR count). The van der Waals surface area contributed by atoms with Crippen LogP contribution in [0.3, 0.4) is 0 Å². The number of aromatic nitrogens is 2. The molecule has 1 N–H and O–H groups in total. The Kier molecular flexibility index (Phi) is 3.88. The highest BCUT2D eigenvalue weighted by Crippen LogP contribution is 2.24. The van der Waals surface area contributed by atoms with E-state index < -0.39 is 23.2 Å². The Labute approximate surface area is 128 Å². The standard InChI is InChI=1S/C15H9F2N3OS/c16-10-2-1-3-11(17)13(10)20-14(21)12-8-22-15(19-12)9-4-6-18-7-5-9/h1-8H,(H,20,21). The van der Waals surface area contributed by atoms with Crippen molar-refractivity contribution in [2.45, 2.75) is 0 Å². The minimum Gasteiger partial charge on any atom is -0.316 e. The van der Waals surface area contributed by atoms with Crippen molar-refractivity contribution in [1.82, 2.24) is 9.97 Å². The van der Waals surface area contributed by atoms with Gasteiger partial charge in [0.05, 0.1) is 0 Å². The Morgan fingerprint density at radius 3 is 2.45 bits per heavy atom. The van der Waals surface area contributed by atoms with Gasteiger partial charge in [-0.1, -0.05) is 6.07 Å². The zero-order chi connectivity index (χ0) is 15.5. The van der Waals surface area contributed by atoms with Crippen LogP contribution >= 0.6 is 11.3 Å². The van der Waals surface area contributed by atoms with E-state index in [0.29, 0.717) is 5.01 Å². The van der Waals surface area contributed by atoms with Crippen LogP contribution in [-0.2, 0) is 0 Å². The Morgan fingerprint density at radius 1 is 1.09 bits per heavy atom. The third-order valence-electron chi connectivity index (χ3n) is 2.87. The molecule has 4 nitrogen and oxygen atoms in total. The number of anilines is 1. The number of carbonyl (C=O) groups excluding carboxylic acids is 1. The molecule has 2 heterocycles. The Bertz CT molecular complexity index is 800. The average Bonchev–Trinajstić information content (AvgIpc) is 3.02. The van der Waals surface area contributed by atoms with E-state index in [0.717, 1.165) is 17.7 Å². The molecule has 0 aliphatic carbocycles. The topological polar surface area (TPSA) is 54.9 Å². The summed E-state index contributed by atoms with van der Waals surface area (Å²) in [4.78, 5) is 20.1. The number of benzene rings is 1. The number of hydrogen-bond acceptors (Lipinski definition) is 4. The molecule has 1 aromatic carbocycles. The van der Waals surface area contributed by atoms with Crippen LogP contribution in [0.25, 0.3) is 10.6 Å². The van der Waals surface area contributed by atoms with Gasteiger partial charge in [0, 0.05) is 23.3 Å². The lowest BCUT2D eigenvalue weighted by Gasteiger charge is -2.05. The summed E-state index contributed by atoms with van der Waals surface area (Å²) in [5, 5.41) is 4.36. The Hall–Kier alpha value is -2.67. The molecule has 0 aliphatic heterocycles. The van der Waals surface area contributed by atoms with E-state index in [9.17, 15) is 13.6 Å². The molecule has 22 heavy (non-hydrogen) atoms. The third-order valence-corrected chi connectivity index (χ3v) is 3.76. The van der Waals surface area contributed by atoms with Crippen LogP contribution in [0.15, 0.2) is 48.1 Å². The molecule has 0 aliphatic rings. The van der Waals surface area contributed by atoms with Gasteiger partial charge in [-0.3, -0.25) is 9.78 Å². The maximum Gasteiger partial charge on any atom is 0.275 e. The highest BCUT2D eigenvalue weighted by atomic mass is 32.1. The second-order valence-electron chi connectivity index (χ2n) is 4.32. The molecule has 0 bridgehead atoms. The minimum absolute atomic E-state index is 0.0967. The molecular formula is C15H9F2N3OS. The predicted molar refractivity (Wildman–Crippen MR) is 79.7 cm³/mol. The van der Waals surface area contributed by atoms with E-state index in [2.05, 4.69) is 15.3 Å². The van der Waals surface area contributed by atoms with Crippen molar-refractivity contribution in [1.29, 1.82) is 0 Å². The number of rotatable bonds is 3. The summed E-state index contributed by atoms with van der Waals surface area (Å²) < 4.78 is 27.0. The van der Waals surface area contributed by atoms with Crippen LogP contribution in [0.5, 0.6) is 0 Å². The van der Waals surface area contributed by atoms with E-state index in [1.165, 1.54) is 22.8 Å². The first-order valence-corrected chi connectivity index (χ1v) is 7.14. The van der Waals surface area contributed by atoms with Gasteiger partial charge < -0.3 is 5.32 Å². The number of pyridine rings is 1. The fourth-order valence-corrected chi connectivity index (χ4v) is 2.61. The fraction of sp³-hybridized carbons (Fsp3) is 0. The van der Waals surface area contributed by atoms with E-state index in [1.807, 2.05) is 0 Å². The summed E-state index contributed by atoms with van der Waals surface area (Å²) in [5.74, 6) is -2.34. The summed E-state index contributed by atoms with van der Waals surface area (Å²) in [6.07, 6.45) is 3.23. The fourth-order valence-electron chi connectivity index (χ4n) is 1.80. The normalized spacial score (nSPS) is 10.5. The lowest BCUT2D eigenvalue weighted by molar-refractivity contribution is 0.102. The van der Waals surface area contributed by atoms with E-state index in [4.69, 9.17) is 0 Å². The molecule has 1 amide bonds. The Balaban J connectivity index is 1.83. The van der Waals surface area contributed by atoms with Gasteiger partial charge in [0.25, 0.3) is 5.91 Å². The lowest BCUT2D eigenvalue weighted by atomic mass is 10.2. The van der Waals surface area contributed by atoms with Crippen LogP contribution in [0.2, 0.25) is 0 Å². The van der Waals surface area contributed by atoms with Crippen molar-refractivity contribution in [2.24, 2.45) is 0 Å². The minimum atomic E-state index is -0.835. The summed E-state index contributed by atoms with van der Waals surface area (Å²) in [6.45, 7) is 0. The molecule has 2 aromatic heterocycles. The monoisotopic (exact) mass is 317 g/mol. The summed E-state index contributed by atoms with van der Waals surface area (Å²) in [5.41, 5.74) is 0.432. The van der Waals surface area contributed by atoms with E-state index in [1.54, 1.807) is 24.5 Å². The second kappa shape index (κ2) is 5.98. The van der Waals surface area contributed by atoms with Crippen molar-refractivity contribution >= 4 is 22.9 Å². The van der Waals surface area contributed by atoms with Gasteiger partial charge >= 0.3 is 0 Å². The average molecular weight is 317 g/mol. The molecule has 0 saturated heterocycles. The van der Waals surface area contributed by atoms with Crippen LogP contribution < -0.4 is 5.32 Å². The molecule has 7 heteroatoms. The van der Waals surface area contributed by atoms with Gasteiger partial charge in [0.1, 0.15) is 28.0 Å². The Morgan fingerprint density at radius 2 is 1.77 bits per heavy atom. The lowest BCUT2D eigenvalue weighted by Crippen LogP contribution is -2.14. The number of nitrogens with one attached hydrogen (secondary N) is 1. The molecule has 0 radical (unpaired) electrons. The smallest absolute Gasteiger partial charge is 0.275 e. The van der Waals surface area contributed by atoms with Gasteiger partial charge in [-0.05, 0) is 24.3 Å². The van der Waals surface area contributed by atoms with Crippen molar-refractivity contribution in [3.63, 3.8) is 0 Å². The molecule has 0 atom stereocenters. The van der Waals surface area contributed by atoms with Crippen LogP contribution in [0, 0.1) is 11.6 Å². The van der Waals surface area contributed by atoms with Crippen LogP contribution in [0.4, 0.5) is 14.5 Å². The molecule has 3 aromatic rings. The van der Waals surface area contributed by atoms with Crippen molar-refractivity contribution < 1.29 is 13.6 Å². The first-order chi connectivity index (χ1) is 10.6. The van der Waals surface area contributed by atoms with E-state index in [-0.39, 0.29) is 5.69 Å². The first kappa shape index (κ1) is 14.3. The quantitative estimate of drug-likeness (QED) is 0.800. The van der Waals surface area contributed by atoms with Gasteiger partial charge in [0.2, 0.25) is 0 Å². The van der Waals surface area contributed by atoms with E-state index >= 15 is 0 Å². The van der Waals surface area contributed by atoms with Gasteiger partial charge in [-0.2, -0.15) is 0 Å². The van der Waals surface area contributed by atoms with Gasteiger partial charge in [-0.25, -0.2) is 13.8 Å². The maximum absolute atomic E-state index is 13.5. The highest BCUT2D eigenvalue weighted by molar-refractivity contribution is 7.13. The van der Waals surface area contributed by atoms with Crippen LogP contribution in [0.1, 0.15) is 10.5 Å². The molecular weight excluding hydrogens is 308 g/mol. The largest absolute Gasteiger partial charge is 0.316 e. The first-order valence-electron chi connectivity index (χ1n) is 6.26. The number of amides is 1. The molecule has 110 valence electrons.